The number of amides is 1. The highest BCUT2D eigenvalue weighted by molar-refractivity contribution is 7.98. The number of carbonyl (C=O) groups excluding carboxylic acids is 1. The lowest BCUT2D eigenvalue weighted by atomic mass is 9.87. The molecule has 4 rings (SSSR count). The van der Waals surface area contributed by atoms with Crippen molar-refractivity contribution in [2.24, 2.45) is 5.92 Å². The minimum absolute atomic E-state index is 0.0674. The molecule has 0 saturated carbocycles. The summed E-state index contributed by atoms with van der Waals surface area (Å²) in [6.07, 6.45) is 7.14. The van der Waals surface area contributed by atoms with E-state index in [-0.39, 0.29) is 5.91 Å². The Morgan fingerprint density at radius 2 is 2.25 bits per heavy atom. The molecule has 32 heavy (non-hydrogen) atoms. The fraction of sp³-hybridized carbons (Fsp3) is 0.478. The van der Waals surface area contributed by atoms with E-state index >= 15 is 0 Å². The standard InChI is InChI=1S/C23H29N5OS3/c1-5-9-28-22(19-11-16-10-15(6-2)7-8-18(16)32-19)25-26-23(28)31-14-17-13-30-20(24-17)12-21(29)27(3)4/h5,11,13,15H,1,6-10,12,14H2,2-4H3. The zero-order valence-corrected chi connectivity index (χ0v) is 21.3. The van der Waals surface area contributed by atoms with E-state index in [2.05, 4.69) is 39.3 Å². The van der Waals surface area contributed by atoms with Gasteiger partial charge in [-0.2, -0.15) is 0 Å². The smallest absolute Gasteiger partial charge is 0.228 e. The molecule has 0 aliphatic heterocycles. The maximum atomic E-state index is 11.9. The fourth-order valence-electron chi connectivity index (χ4n) is 3.85. The second-order valence-corrected chi connectivity index (χ2v) is 11.3. The highest BCUT2D eigenvalue weighted by Gasteiger charge is 2.23. The molecule has 3 aromatic rings. The molecule has 3 aromatic heterocycles. The third-order valence-electron chi connectivity index (χ3n) is 5.76. The molecule has 1 aliphatic rings. The summed E-state index contributed by atoms with van der Waals surface area (Å²) in [6, 6.07) is 2.33. The van der Waals surface area contributed by atoms with E-state index in [4.69, 9.17) is 0 Å². The fourth-order valence-corrected chi connectivity index (χ4v) is 6.78. The first kappa shape index (κ1) is 23.2. The lowest BCUT2D eigenvalue weighted by Crippen LogP contribution is -2.23. The van der Waals surface area contributed by atoms with Crippen molar-refractivity contribution in [2.75, 3.05) is 14.1 Å². The highest BCUT2D eigenvalue weighted by Crippen LogP contribution is 2.38. The van der Waals surface area contributed by atoms with Gasteiger partial charge in [0.05, 0.1) is 17.0 Å². The van der Waals surface area contributed by atoms with E-state index in [1.807, 2.05) is 22.8 Å². The van der Waals surface area contributed by atoms with Crippen molar-refractivity contribution >= 4 is 40.3 Å². The van der Waals surface area contributed by atoms with Crippen molar-refractivity contribution in [3.05, 3.63) is 45.2 Å². The number of thiazole rings is 1. The molecule has 0 bridgehead atoms. The monoisotopic (exact) mass is 487 g/mol. The van der Waals surface area contributed by atoms with Crippen LogP contribution in [0.3, 0.4) is 0 Å². The molecule has 0 radical (unpaired) electrons. The molecule has 0 aromatic carbocycles. The van der Waals surface area contributed by atoms with Crippen molar-refractivity contribution in [1.29, 1.82) is 0 Å². The summed E-state index contributed by atoms with van der Waals surface area (Å²) in [7, 11) is 3.53. The van der Waals surface area contributed by atoms with Gasteiger partial charge in [0.2, 0.25) is 5.91 Å². The average Bonchev–Trinajstić information content (AvgIpc) is 3.50. The Morgan fingerprint density at radius 1 is 1.41 bits per heavy atom. The number of thiophene rings is 1. The summed E-state index contributed by atoms with van der Waals surface area (Å²) in [4.78, 5) is 20.8. The molecule has 0 saturated heterocycles. The SMILES string of the molecule is C=CCn1c(SCc2csc(CC(=O)N(C)C)n2)nnc1-c1cc2c(s1)CCC(CC)C2. The molecular weight excluding hydrogens is 458 g/mol. The zero-order chi connectivity index (χ0) is 22.7. The number of aryl methyl sites for hydroxylation is 1. The number of allylic oxidation sites excluding steroid dienone is 1. The van der Waals surface area contributed by atoms with Crippen LogP contribution in [0.2, 0.25) is 0 Å². The van der Waals surface area contributed by atoms with E-state index in [1.165, 1.54) is 52.3 Å². The molecule has 1 aliphatic carbocycles. The predicted octanol–water partition coefficient (Wildman–Crippen LogP) is 5.09. The van der Waals surface area contributed by atoms with Crippen molar-refractivity contribution < 1.29 is 4.79 Å². The van der Waals surface area contributed by atoms with E-state index < -0.39 is 0 Å². The van der Waals surface area contributed by atoms with Gasteiger partial charge in [-0.05, 0) is 36.8 Å². The van der Waals surface area contributed by atoms with Crippen molar-refractivity contribution in [2.45, 2.75) is 56.5 Å². The molecular formula is C23H29N5OS3. The number of hydrogen-bond donors (Lipinski definition) is 0. The minimum Gasteiger partial charge on any atom is -0.348 e. The Bertz CT molecular complexity index is 1100. The Morgan fingerprint density at radius 3 is 3.00 bits per heavy atom. The van der Waals surface area contributed by atoms with Gasteiger partial charge in [-0.3, -0.25) is 9.36 Å². The van der Waals surface area contributed by atoms with Gasteiger partial charge in [0, 0.05) is 36.7 Å². The molecule has 0 N–H and O–H groups in total. The van der Waals surface area contributed by atoms with Gasteiger partial charge in [0.25, 0.3) is 0 Å². The molecule has 3 heterocycles. The molecule has 170 valence electrons. The zero-order valence-electron chi connectivity index (χ0n) is 18.8. The largest absolute Gasteiger partial charge is 0.348 e. The van der Waals surface area contributed by atoms with E-state index in [9.17, 15) is 4.79 Å². The Hall–Kier alpha value is -1.97. The molecule has 0 spiro atoms. The summed E-state index contributed by atoms with van der Waals surface area (Å²) in [6.45, 7) is 6.89. The lowest BCUT2D eigenvalue weighted by Gasteiger charge is -2.19. The van der Waals surface area contributed by atoms with Crippen LogP contribution in [0, 0.1) is 5.92 Å². The van der Waals surface area contributed by atoms with Crippen LogP contribution >= 0.6 is 34.4 Å². The second-order valence-electron chi connectivity index (χ2n) is 8.27. The summed E-state index contributed by atoms with van der Waals surface area (Å²) in [5.41, 5.74) is 2.46. The Labute approximate surface area is 201 Å². The first-order valence-corrected chi connectivity index (χ1v) is 13.6. The quantitative estimate of drug-likeness (QED) is 0.311. The van der Waals surface area contributed by atoms with Crippen LogP contribution in [0.25, 0.3) is 10.7 Å². The number of nitrogens with zero attached hydrogens (tertiary/aromatic N) is 5. The van der Waals surface area contributed by atoms with Crippen LogP contribution in [-0.4, -0.2) is 44.7 Å². The maximum absolute atomic E-state index is 11.9. The predicted molar refractivity (Wildman–Crippen MR) is 133 cm³/mol. The molecule has 1 unspecified atom stereocenters. The number of carbonyl (C=O) groups is 1. The Kier molecular flexibility index (Phi) is 7.48. The molecule has 0 fully saturated rings. The number of fused-ring (bicyclic) bond motifs is 1. The van der Waals surface area contributed by atoms with E-state index in [1.54, 1.807) is 30.8 Å². The van der Waals surface area contributed by atoms with Crippen LogP contribution in [0.5, 0.6) is 0 Å². The van der Waals surface area contributed by atoms with E-state index in [0.29, 0.717) is 18.7 Å². The second kappa shape index (κ2) is 10.3. The minimum atomic E-state index is 0.0674. The first-order valence-electron chi connectivity index (χ1n) is 10.9. The lowest BCUT2D eigenvalue weighted by molar-refractivity contribution is -0.127. The van der Waals surface area contributed by atoms with Gasteiger partial charge < -0.3 is 4.90 Å². The van der Waals surface area contributed by atoms with Gasteiger partial charge in [-0.1, -0.05) is 31.2 Å². The summed E-state index contributed by atoms with van der Waals surface area (Å²) >= 11 is 5.03. The topological polar surface area (TPSA) is 63.9 Å². The summed E-state index contributed by atoms with van der Waals surface area (Å²) in [5, 5.41) is 12.8. The summed E-state index contributed by atoms with van der Waals surface area (Å²) < 4.78 is 2.15. The van der Waals surface area contributed by atoms with Crippen molar-refractivity contribution in [3.63, 3.8) is 0 Å². The highest BCUT2D eigenvalue weighted by atomic mass is 32.2. The Balaban J connectivity index is 1.48. The van der Waals surface area contributed by atoms with Crippen molar-refractivity contribution in [3.8, 4) is 10.7 Å². The van der Waals surface area contributed by atoms with Gasteiger partial charge in [0.15, 0.2) is 11.0 Å². The first-order chi connectivity index (χ1) is 15.5. The molecule has 1 atom stereocenters. The van der Waals surface area contributed by atoms with Crippen LogP contribution in [0.15, 0.2) is 29.3 Å². The number of hydrogen-bond acceptors (Lipinski definition) is 7. The van der Waals surface area contributed by atoms with E-state index in [0.717, 1.165) is 27.6 Å². The third kappa shape index (κ3) is 5.15. The maximum Gasteiger partial charge on any atom is 0.228 e. The van der Waals surface area contributed by atoms with Gasteiger partial charge in [0.1, 0.15) is 5.01 Å². The van der Waals surface area contributed by atoms with Crippen LogP contribution < -0.4 is 0 Å². The number of aromatic nitrogens is 4. The number of thioether (sulfide) groups is 1. The normalized spacial score (nSPS) is 15.5. The van der Waals surface area contributed by atoms with Gasteiger partial charge in [-0.15, -0.1) is 39.4 Å². The van der Waals surface area contributed by atoms with Gasteiger partial charge in [-0.25, -0.2) is 4.98 Å². The molecule has 9 heteroatoms. The summed E-state index contributed by atoms with van der Waals surface area (Å²) in [5.74, 6) is 2.49. The average molecular weight is 488 g/mol. The van der Waals surface area contributed by atoms with Crippen LogP contribution in [0.4, 0.5) is 0 Å². The number of likely N-dealkylation sites (N-methyl/N-ethyl adjacent to an activating group) is 1. The van der Waals surface area contributed by atoms with Crippen molar-refractivity contribution in [1.82, 2.24) is 24.6 Å². The molecule has 6 nitrogen and oxygen atoms in total. The number of rotatable bonds is 9. The van der Waals surface area contributed by atoms with Crippen LogP contribution in [-0.2, 0) is 36.4 Å². The molecule has 1 amide bonds. The third-order valence-corrected chi connectivity index (χ3v) is 8.89. The van der Waals surface area contributed by atoms with Crippen LogP contribution in [0.1, 0.15) is 40.9 Å². The van der Waals surface area contributed by atoms with Gasteiger partial charge >= 0.3 is 0 Å².